The lowest BCUT2D eigenvalue weighted by molar-refractivity contribution is 0.147. The SMILES string of the molecule is CCOCCCNc1c(C)c(C)nc2cc(-c3ccc(OC)cc3)nn12. The van der Waals surface area contributed by atoms with E-state index in [0.717, 1.165) is 65.9 Å². The highest BCUT2D eigenvalue weighted by Gasteiger charge is 2.13. The van der Waals surface area contributed by atoms with Crippen LogP contribution in [0.2, 0.25) is 0 Å². The summed E-state index contributed by atoms with van der Waals surface area (Å²) in [4.78, 5) is 4.68. The van der Waals surface area contributed by atoms with Crippen molar-refractivity contribution < 1.29 is 9.47 Å². The van der Waals surface area contributed by atoms with Crippen LogP contribution in [0.15, 0.2) is 30.3 Å². The normalized spacial score (nSPS) is 11.1. The Hall–Kier alpha value is -2.60. The minimum atomic E-state index is 0.752. The molecule has 0 fully saturated rings. The van der Waals surface area contributed by atoms with Crippen LogP contribution in [0.3, 0.4) is 0 Å². The molecule has 138 valence electrons. The van der Waals surface area contributed by atoms with E-state index in [2.05, 4.69) is 17.2 Å². The first kappa shape index (κ1) is 18.2. The van der Waals surface area contributed by atoms with Crippen molar-refractivity contribution >= 4 is 11.5 Å². The molecule has 0 spiro atoms. The number of aryl methyl sites for hydroxylation is 1. The maximum Gasteiger partial charge on any atom is 0.158 e. The summed E-state index contributed by atoms with van der Waals surface area (Å²) in [6.07, 6.45) is 0.947. The van der Waals surface area contributed by atoms with Gasteiger partial charge in [-0.2, -0.15) is 9.61 Å². The molecule has 0 aliphatic carbocycles. The Kier molecular flexibility index (Phi) is 5.73. The minimum absolute atomic E-state index is 0.752. The van der Waals surface area contributed by atoms with E-state index in [-0.39, 0.29) is 0 Å². The maximum absolute atomic E-state index is 5.41. The van der Waals surface area contributed by atoms with Gasteiger partial charge in [0.15, 0.2) is 5.65 Å². The lowest BCUT2D eigenvalue weighted by Gasteiger charge is -2.13. The van der Waals surface area contributed by atoms with Crippen LogP contribution in [0.4, 0.5) is 5.82 Å². The van der Waals surface area contributed by atoms with Crippen LogP contribution in [-0.2, 0) is 4.74 Å². The molecule has 0 amide bonds. The molecular weight excluding hydrogens is 328 g/mol. The first-order chi connectivity index (χ1) is 12.6. The van der Waals surface area contributed by atoms with Crippen molar-refractivity contribution in [3.05, 3.63) is 41.6 Å². The summed E-state index contributed by atoms with van der Waals surface area (Å²) in [5, 5.41) is 8.27. The van der Waals surface area contributed by atoms with E-state index in [1.54, 1.807) is 7.11 Å². The number of fused-ring (bicyclic) bond motifs is 1. The summed E-state index contributed by atoms with van der Waals surface area (Å²) >= 11 is 0. The van der Waals surface area contributed by atoms with Crippen LogP contribution in [-0.4, -0.2) is 41.5 Å². The van der Waals surface area contributed by atoms with E-state index in [4.69, 9.17) is 14.6 Å². The number of anilines is 1. The summed E-state index contributed by atoms with van der Waals surface area (Å²) in [5.41, 5.74) is 4.88. The van der Waals surface area contributed by atoms with E-state index in [0.29, 0.717) is 0 Å². The number of ether oxygens (including phenoxy) is 2. The molecule has 0 saturated carbocycles. The van der Waals surface area contributed by atoms with Gasteiger partial charge < -0.3 is 14.8 Å². The van der Waals surface area contributed by atoms with Crippen molar-refractivity contribution in [2.75, 3.05) is 32.2 Å². The number of nitrogens with zero attached hydrogens (tertiary/aromatic N) is 3. The molecule has 0 bridgehead atoms. The lowest BCUT2D eigenvalue weighted by Crippen LogP contribution is -2.12. The second kappa shape index (κ2) is 8.19. The van der Waals surface area contributed by atoms with Gasteiger partial charge in [0.25, 0.3) is 0 Å². The summed E-state index contributed by atoms with van der Waals surface area (Å²) in [6, 6.07) is 9.91. The lowest BCUT2D eigenvalue weighted by atomic mass is 10.1. The Morgan fingerprint density at radius 2 is 1.92 bits per heavy atom. The Balaban J connectivity index is 1.90. The van der Waals surface area contributed by atoms with E-state index in [1.165, 1.54) is 0 Å². The van der Waals surface area contributed by atoms with Crippen molar-refractivity contribution in [3.63, 3.8) is 0 Å². The highest BCUT2D eigenvalue weighted by molar-refractivity contribution is 5.67. The van der Waals surface area contributed by atoms with Gasteiger partial charge in [0.05, 0.1) is 12.8 Å². The average molecular weight is 354 g/mol. The molecule has 6 nitrogen and oxygen atoms in total. The van der Waals surface area contributed by atoms with Crippen LogP contribution in [0.1, 0.15) is 24.6 Å². The van der Waals surface area contributed by atoms with Gasteiger partial charge >= 0.3 is 0 Å². The highest BCUT2D eigenvalue weighted by atomic mass is 16.5. The van der Waals surface area contributed by atoms with Crippen LogP contribution >= 0.6 is 0 Å². The Morgan fingerprint density at radius 3 is 2.62 bits per heavy atom. The van der Waals surface area contributed by atoms with E-state index in [9.17, 15) is 0 Å². The number of hydrogen-bond acceptors (Lipinski definition) is 5. The molecule has 0 aliphatic heterocycles. The zero-order valence-corrected chi connectivity index (χ0v) is 15.9. The van der Waals surface area contributed by atoms with Crippen molar-refractivity contribution in [1.29, 1.82) is 0 Å². The fourth-order valence-corrected chi connectivity index (χ4v) is 2.84. The predicted octanol–water partition coefficient (Wildman–Crippen LogP) is 3.86. The number of nitrogens with one attached hydrogen (secondary N) is 1. The Bertz CT molecular complexity index is 872. The second-order valence-electron chi connectivity index (χ2n) is 6.18. The average Bonchev–Trinajstić information content (AvgIpc) is 3.08. The molecule has 0 atom stereocenters. The number of hydrogen-bond donors (Lipinski definition) is 1. The third-order valence-electron chi connectivity index (χ3n) is 4.43. The van der Waals surface area contributed by atoms with Gasteiger partial charge in [0, 0.05) is 42.6 Å². The molecule has 1 N–H and O–H groups in total. The van der Waals surface area contributed by atoms with Crippen LogP contribution < -0.4 is 10.1 Å². The molecule has 0 radical (unpaired) electrons. The molecular formula is C20H26N4O2. The van der Waals surface area contributed by atoms with Crippen molar-refractivity contribution in [2.24, 2.45) is 0 Å². The standard InChI is InChI=1S/C20H26N4O2/c1-5-26-12-6-11-21-20-14(2)15(3)22-19-13-18(23-24(19)20)16-7-9-17(25-4)10-8-16/h7-10,13,21H,5-6,11-12H2,1-4H3. The topological polar surface area (TPSA) is 60.7 Å². The van der Waals surface area contributed by atoms with Gasteiger partial charge in [0.2, 0.25) is 0 Å². The molecule has 3 rings (SSSR count). The molecule has 3 aromatic rings. The van der Waals surface area contributed by atoms with Gasteiger partial charge in [0.1, 0.15) is 11.6 Å². The van der Waals surface area contributed by atoms with Crippen molar-refractivity contribution in [2.45, 2.75) is 27.2 Å². The summed E-state index contributed by atoms with van der Waals surface area (Å²) < 4.78 is 12.5. The van der Waals surface area contributed by atoms with Gasteiger partial charge in [-0.15, -0.1) is 0 Å². The summed E-state index contributed by atoms with van der Waals surface area (Å²) in [5.74, 6) is 1.82. The Morgan fingerprint density at radius 1 is 1.15 bits per heavy atom. The highest BCUT2D eigenvalue weighted by Crippen LogP contribution is 2.25. The van der Waals surface area contributed by atoms with Crippen molar-refractivity contribution in [3.8, 4) is 17.0 Å². The molecule has 6 heteroatoms. The molecule has 2 heterocycles. The monoisotopic (exact) mass is 354 g/mol. The maximum atomic E-state index is 5.41. The van der Waals surface area contributed by atoms with Gasteiger partial charge in [-0.05, 0) is 51.5 Å². The third kappa shape index (κ3) is 3.80. The number of benzene rings is 1. The molecule has 0 unspecified atom stereocenters. The van der Waals surface area contributed by atoms with Gasteiger partial charge in [-0.25, -0.2) is 4.98 Å². The van der Waals surface area contributed by atoms with E-state index in [1.807, 2.05) is 48.7 Å². The summed E-state index contributed by atoms with van der Waals surface area (Å²) in [6.45, 7) is 8.45. The molecule has 1 aromatic carbocycles. The van der Waals surface area contributed by atoms with Gasteiger partial charge in [-0.1, -0.05) is 0 Å². The zero-order valence-electron chi connectivity index (χ0n) is 15.9. The molecule has 0 aliphatic rings. The number of rotatable bonds is 8. The molecule has 2 aromatic heterocycles. The fraction of sp³-hybridized carbons (Fsp3) is 0.400. The van der Waals surface area contributed by atoms with E-state index >= 15 is 0 Å². The minimum Gasteiger partial charge on any atom is -0.497 e. The van der Waals surface area contributed by atoms with Gasteiger partial charge in [-0.3, -0.25) is 0 Å². The fourth-order valence-electron chi connectivity index (χ4n) is 2.84. The smallest absolute Gasteiger partial charge is 0.158 e. The molecule has 0 saturated heterocycles. The van der Waals surface area contributed by atoms with Crippen molar-refractivity contribution in [1.82, 2.24) is 14.6 Å². The summed E-state index contributed by atoms with van der Waals surface area (Å²) in [7, 11) is 1.67. The van der Waals surface area contributed by atoms with Crippen LogP contribution in [0, 0.1) is 13.8 Å². The Labute approximate surface area is 154 Å². The van der Waals surface area contributed by atoms with E-state index < -0.39 is 0 Å². The van der Waals surface area contributed by atoms with Crippen LogP contribution in [0.5, 0.6) is 5.75 Å². The number of aromatic nitrogens is 3. The number of methoxy groups -OCH3 is 1. The predicted molar refractivity (Wildman–Crippen MR) is 104 cm³/mol. The molecule has 26 heavy (non-hydrogen) atoms. The largest absolute Gasteiger partial charge is 0.497 e. The first-order valence-corrected chi connectivity index (χ1v) is 8.97. The quantitative estimate of drug-likeness (QED) is 0.623. The first-order valence-electron chi connectivity index (χ1n) is 8.97. The zero-order chi connectivity index (χ0) is 18.5. The van der Waals surface area contributed by atoms with Crippen LogP contribution in [0.25, 0.3) is 16.9 Å². The second-order valence-corrected chi connectivity index (χ2v) is 6.18. The third-order valence-corrected chi connectivity index (χ3v) is 4.43.